The Morgan fingerprint density at radius 1 is 1.44 bits per heavy atom. The monoisotopic (exact) mass is 385 g/mol. The smallest absolute Gasteiger partial charge is 0.257 e. The van der Waals surface area contributed by atoms with Crippen LogP contribution in [0.3, 0.4) is 0 Å². The molecule has 0 atom stereocenters. The number of carbonyl (C=O) groups is 1. The van der Waals surface area contributed by atoms with Crippen molar-refractivity contribution in [2.75, 3.05) is 18.6 Å². The second-order valence-electron chi connectivity index (χ2n) is 6.02. The van der Waals surface area contributed by atoms with Crippen LogP contribution in [0.2, 0.25) is 0 Å². The first-order chi connectivity index (χ1) is 13.2. The lowest BCUT2D eigenvalue weighted by Crippen LogP contribution is -2.11. The van der Waals surface area contributed by atoms with Gasteiger partial charge in [-0.2, -0.15) is 0 Å². The van der Waals surface area contributed by atoms with Gasteiger partial charge in [0.15, 0.2) is 17.5 Å². The number of benzene rings is 1. The first kappa shape index (κ1) is 17.4. The van der Waals surface area contributed by atoms with Crippen molar-refractivity contribution in [1.29, 1.82) is 0 Å². The highest BCUT2D eigenvalue weighted by Crippen LogP contribution is 2.25. The molecule has 0 fully saturated rings. The van der Waals surface area contributed by atoms with Gasteiger partial charge in [-0.15, -0.1) is 10.2 Å². The number of rotatable bonds is 6. The van der Waals surface area contributed by atoms with Crippen LogP contribution in [0.15, 0.2) is 24.4 Å². The molecule has 10 heteroatoms. The fourth-order valence-electron chi connectivity index (χ4n) is 2.88. The van der Waals surface area contributed by atoms with Crippen molar-refractivity contribution >= 4 is 39.2 Å². The maximum atomic E-state index is 12.6. The third kappa shape index (κ3) is 3.49. The van der Waals surface area contributed by atoms with Crippen LogP contribution < -0.4 is 16.4 Å². The second-order valence-corrected chi connectivity index (χ2v) is 7.00. The van der Waals surface area contributed by atoms with Crippen LogP contribution in [0.1, 0.15) is 27.6 Å². The first-order valence-electron chi connectivity index (χ1n) is 8.54. The lowest BCUT2D eigenvalue weighted by atomic mass is 10.2. The largest absolute Gasteiger partial charge is 0.469 e. The fourth-order valence-corrected chi connectivity index (χ4v) is 3.59. The number of aryl methyl sites for hydroxylation is 2. The molecule has 1 aliphatic heterocycles. The van der Waals surface area contributed by atoms with Crippen molar-refractivity contribution in [2.45, 2.75) is 19.9 Å². The Kier molecular flexibility index (Phi) is 4.73. The summed E-state index contributed by atoms with van der Waals surface area (Å²) < 4.78 is 7.47. The summed E-state index contributed by atoms with van der Waals surface area (Å²) in [5.41, 5.74) is 7.90. The number of hydrogen-bond donors (Lipinski definition) is 3. The van der Waals surface area contributed by atoms with E-state index in [4.69, 9.17) is 10.5 Å². The van der Waals surface area contributed by atoms with Crippen LogP contribution in [-0.4, -0.2) is 38.9 Å². The van der Waals surface area contributed by atoms with Gasteiger partial charge in [0.25, 0.3) is 5.91 Å². The maximum Gasteiger partial charge on any atom is 0.257 e. The number of fused-ring (bicyclic) bond motifs is 1. The molecule has 2 aromatic heterocycles. The molecule has 0 bridgehead atoms. The van der Waals surface area contributed by atoms with Gasteiger partial charge < -0.3 is 20.4 Å². The van der Waals surface area contributed by atoms with Gasteiger partial charge in [0.05, 0.1) is 11.0 Å². The number of nitrogens with zero attached hydrogens (tertiary/aromatic N) is 4. The molecule has 140 valence electrons. The molecule has 3 aromatic rings. The molecule has 9 nitrogen and oxygen atoms in total. The van der Waals surface area contributed by atoms with E-state index in [0.29, 0.717) is 34.7 Å². The van der Waals surface area contributed by atoms with Crippen LogP contribution in [0, 0.1) is 6.92 Å². The molecule has 0 saturated heterocycles. The molecule has 0 aliphatic carbocycles. The van der Waals surface area contributed by atoms with Gasteiger partial charge in [0.1, 0.15) is 5.82 Å². The van der Waals surface area contributed by atoms with Gasteiger partial charge in [0, 0.05) is 18.3 Å². The summed E-state index contributed by atoms with van der Waals surface area (Å²) in [5.74, 6) is 1.27. The summed E-state index contributed by atoms with van der Waals surface area (Å²) in [4.78, 5) is 17.1. The van der Waals surface area contributed by atoms with Gasteiger partial charge in [-0.3, -0.25) is 10.1 Å². The summed E-state index contributed by atoms with van der Waals surface area (Å²) in [7, 11) is 0. The third-order valence-electron chi connectivity index (χ3n) is 4.19. The quantitative estimate of drug-likeness (QED) is 0.590. The minimum absolute atomic E-state index is 0.256. The number of amides is 1. The van der Waals surface area contributed by atoms with E-state index in [1.54, 1.807) is 18.3 Å². The number of anilines is 1. The lowest BCUT2D eigenvalue weighted by Gasteiger charge is -2.06. The highest BCUT2D eigenvalue weighted by Gasteiger charge is 2.17. The van der Waals surface area contributed by atoms with E-state index in [1.807, 2.05) is 13.0 Å². The number of nitrogens with one attached hydrogen (secondary N) is 2. The molecule has 0 saturated carbocycles. The first-order valence-corrected chi connectivity index (χ1v) is 9.36. The van der Waals surface area contributed by atoms with Crippen LogP contribution in [0.5, 0.6) is 0 Å². The summed E-state index contributed by atoms with van der Waals surface area (Å²) in [6.07, 6.45) is 2.60. The molecule has 1 aliphatic rings. The molecule has 4 rings (SSSR count). The lowest BCUT2D eigenvalue weighted by molar-refractivity contribution is 0.102. The minimum atomic E-state index is -0.256. The Morgan fingerprint density at radius 3 is 3.11 bits per heavy atom. The van der Waals surface area contributed by atoms with Crippen molar-refractivity contribution in [2.24, 2.45) is 5.73 Å². The predicted molar refractivity (Wildman–Crippen MR) is 103 cm³/mol. The van der Waals surface area contributed by atoms with Crippen molar-refractivity contribution in [1.82, 2.24) is 25.1 Å². The number of ether oxygens (including phenoxy) is 1. The number of nitrogens with two attached hydrogens (primary N) is 1. The van der Waals surface area contributed by atoms with Gasteiger partial charge >= 0.3 is 0 Å². The van der Waals surface area contributed by atoms with Crippen molar-refractivity contribution in [3.8, 4) is 0 Å². The zero-order valence-electron chi connectivity index (χ0n) is 14.7. The minimum Gasteiger partial charge on any atom is -0.469 e. The van der Waals surface area contributed by atoms with E-state index in [9.17, 15) is 4.79 Å². The predicted octanol–water partition coefficient (Wildman–Crippen LogP) is 1.67. The average Bonchev–Trinajstić information content (AvgIpc) is 3.39. The molecule has 0 spiro atoms. The van der Waals surface area contributed by atoms with Crippen LogP contribution >= 0.6 is 11.3 Å². The zero-order valence-corrected chi connectivity index (χ0v) is 15.5. The highest BCUT2D eigenvalue weighted by molar-refractivity contribution is 7.16. The topological polar surface area (TPSA) is 120 Å². The Morgan fingerprint density at radius 2 is 2.33 bits per heavy atom. The van der Waals surface area contributed by atoms with Crippen molar-refractivity contribution in [3.63, 3.8) is 0 Å². The maximum absolute atomic E-state index is 12.6. The third-order valence-corrected chi connectivity index (χ3v) is 5.04. The van der Waals surface area contributed by atoms with Crippen LogP contribution in [0.25, 0.3) is 16.8 Å². The van der Waals surface area contributed by atoms with Crippen molar-refractivity contribution in [3.05, 3.63) is 40.8 Å². The van der Waals surface area contributed by atoms with Crippen LogP contribution in [-0.2, 0) is 11.3 Å². The van der Waals surface area contributed by atoms with Gasteiger partial charge in [-0.05, 0) is 38.1 Å². The molecule has 3 heterocycles. The van der Waals surface area contributed by atoms with E-state index in [2.05, 4.69) is 30.4 Å². The average molecular weight is 385 g/mol. The number of hydrogen-bond acceptors (Lipinski definition) is 8. The number of imidazole rings is 1. The molecule has 1 amide bonds. The molecule has 1 aromatic carbocycles. The Bertz CT molecular complexity index is 1020. The number of carbonyl (C=O) groups excluding carboxylic acids is 1. The van der Waals surface area contributed by atoms with Gasteiger partial charge in [-0.25, -0.2) is 4.98 Å². The summed E-state index contributed by atoms with van der Waals surface area (Å²) in [5, 5.41) is 14.8. The number of aromatic nitrogens is 4. The summed E-state index contributed by atoms with van der Waals surface area (Å²) in [6.45, 7) is 3.80. The highest BCUT2D eigenvalue weighted by atomic mass is 32.1. The Labute approximate surface area is 159 Å². The van der Waals surface area contributed by atoms with Gasteiger partial charge in [-0.1, -0.05) is 11.3 Å². The van der Waals surface area contributed by atoms with E-state index in [0.717, 1.165) is 29.8 Å². The summed E-state index contributed by atoms with van der Waals surface area (Å²) >= 11 is 1.25. The Hall–Kier alpha value is -2.98. The standard InChI is InChI=1S/C17H19N7O2S/c1-10-20-12-7-11(3-4-13(12)24(10)6-2-5-18)15(25)21-17-23-22-16(27-17)14-8-19-9-26-14/h3-4,7-8,19H,2,5-6,9,18H2,1H3,(H,21,23,25). The van der Waals surface area contributed by atoms with Crippen molar-refractivity contribution < 1.29 is 9.53 Å². The molecular formula is C17H19N7O2S. The van der Waals surface area contributed by atoms with Crippen LogP contribution in [0.4, 0.5) is 5.13 Å². The molecule has 0 unspecified atom stereocenters. The normalized spacial score (nSPS) is 13.3. The van der Waals surface area contributed by atoms with E-state index in [1.165, 1.54) is 11.3 Å². The molecule has 0 radical (unpaired) electrons. The van der Waals surface area contributed by atoms with E-state index < -0.39 is 0 Å². The zero-order chi connectivity index (χ0) is 18.8. The van der Waals surface area contributed by atoms with E-state index >= 15 is 0 Å². The van der Waals surface area contributed by atoms with E-state index in [-0.39, 0.29) is 5.91 Å². The summed E-state index contributed by atoms with van der Waals surface area (Å²) in [6, 6.07) is 5.48. The second kappa shape index (κ2) is 7.33. The SMILES string of the molecule is Cc1nc2cc(C(=O)Nc3nnc(C4=CNCO4)s3)ccc2n1CCCN. The Balaban J connectivity index is 1.52. The molecule has 4 N–H and O–H groups in total. The molecular weight excluding hydrogens is 366 g/mol. The fraction of sp³-hybridized carbons (Fsp3) is 0.294. The van der Waals surface area contributed by atoms with Gasteiger partial charge in [0.2, 0.25) is 5.13 Å². The molecule has 27 heavy (non-hydrogen) atoms.